The number of amides is 1. The van der Waals surface area contributed by atoms with Crippen molar-refractivity contribution in [3.05, 3.63) is 53.1 Å². The van der Waals surface area contributed by atoms with Crippen molar-refractivity contribution in [1.82, 2.24) is 19.3 Å². The molecule has 0 spiro atoms. The minimum absolute atomic E-state index is 0.0604. The second-order valence-electron chi connectivity index (χ2n) is 6.72. The van der Waals surface area contributed by atoms with Crippen molar-refractivity contribution in [1.29, 1.82) is 0 Å². The van der Waals surface area contributed by atoms with Gasteiger partial charge in [0.2, 0.25) is 5.91 Å². The van der Waals surface area contributed by atoms with E-state index in [1.165, 1.54) is 22.9 Å². The van der Waals surface area contributed by atoms with Gasteiger partial charge in [0.1, 0.15) is 0 Å². The van der Waals surface area contributed by atoms with Gasteiger partial charge in [0.15, 0.2) is 5.16 Å². The number of anilines is 1. The number of rotatable bonds is 5. The van der Waals surface area contributed by atoms with Gasteiger partial charge in [-0.1, -0.05) is 23.9 Å². The molecule has 0 saturated heterocycles. The van der Waals surface area contributed by atoms with E-state index in [1.807, 2.05) is 44.6 Å². The first-order valence-corrected chi connectivity index (χ1v) is 9.75. The van der Waals surface area contributed by atoms with Gasteiger partial charge in [-0.15, -0.1) is 0 Å². The number of hydrogen-bond donors (Lipinski definition) is 1. The highest BCUT2D eigenvalue weighted by molar-refractivity contribution is 8.00. The fourth-order valence-electron chi connectivity index (χ4n) is 2.95. The number of hydrogen-bond acceptors (Lipinski definition) is 4. The summed E-state index contributed by atoms with van der Waals surface area (Å²) in [5.41, 5.74) is 6.06. The van der Waals surface area contributed by atoms with Crippen molar-refractivity contribution in [3.63, 3.8) is 0 Å². The Hall–Kier alpha value is -2.54. The molecule has 6 nitrogen and oxygen atoms in total. The van der Waals surface area contributed by atoms with Crippen molar-refractivity contribution >= 4 is 23.4 Å². The van der Waals surface area contributed by atoms with E-state index in [4.69, 9.17) is 0 Å². The molecule has 27 heavy (non-hydrogen) atoms. The zero-order chi connectivity index (χ0) is 19.7. The fourth-order valence-corrected chi connectivity index (χ4v) is 3.82. The molecular formula is C20H25N5OS. The monoisotopic (exact) mass is 383 g/mol. The molecule has 0 radical (unpaired) electrons. The van der Waals surface area contributed by atoms with Gasteiger partial charge in [-0.3, -0.25) is 14.0 Å². The van der Waals surface area contributed by atoms with Crippen LogP contribution in [0.15, 0.2) is 35.7 Å². The molecule has 0 fully saturated rings. The molecule has 2 aromatic heterocycles. The van der Waals surface area contributed by atoms with Gasteiger partial charge in [0.05, 0.1) is 28.0 Å². The Labute approximate surface area is 164 Å². The number of nitrogens with one attached hydrogen (secondary N) is 1. The van der Waals surface area contributed by atoms with Crippen LogP contribution in [0, 0.1) is 27.7 Å². The molecule has 1 amide bonds. The smallest absolute Gasteiger partial charge is 0.237 e. The van der Waals surface area contributed by atoms with Gasteiger partial charge in [-0.05, 0) is 51.8 Å². The number of benzene rings is 1. The Morgan fingerprint density at radius 1 is 1.22 bits per heavy atom. The van der Waals surface area contributed by atoms with Crippen LogP contribution >= 0.6 is 11.8 Å². The Balaban J connectivity index is 1.79. The average Bonchev–Trinajstić information content (AvgIpc) is 3.17. The molecule has 0 unspecified atom stereocenters. The SMILES string of the molecule is Cc1cccc(-n2ccnc2S[C@@H](C)C(=O)Nc2c(C)nn(C)c2C)c1C. The first-order valence-electron chi connectivity index (χ1n) is 8.87. The third-order valence-electron chi connectivity index (χ3n) is 4.85. The Morgan fingerprint density at radius 2 is 1.96 bits per heavy atom. The number of thioether (sulfide) groups is 1. The van der Waals surface area contributed by atoms with Gasteiger partial charge in [-0.25, -0.2) is 4.98 Å². The average molecular weight is 384 g/mol. The lowest BCUT2D eigenvalue weighted by molar-refractivity contribution is -0.115. The summed E-state index contributed by atoms with van der Waals surface area (Å²) in [4.78, 5) is 17.2. The Kier molecular flexibility index (Phi) is 5.41. The molecule has 142 valence electrons. The number of imidazole rings is 1. The first kappa shape index (κ1) is 19.2. The highest BCUT2D eigenvalue weighted by Gasteiger charge is 2.21. The fraction of sp³-hybridized carbons (Fsp3) is 0.350. The maximum atomic E-state index is 12.7. The zero-order valence-electron chi connectivity index (χ0n) is 16.6. The number of aryl methyl sites for hydroxylation is 3. The summed E-state index contributed by atoms with van der Waals surface area (Å²) in [7, 11) is 1.87. The maximum absolute atomic E-state index is 12.7. The molecule has 0 aliphatic carbocycles. The highest BCUT2D eigenvalue weighted by atomic mass is 32.2. The minimum atomic E-state index is -0.296. The normalized spacial score (nSPS) is 12.2. The number of carbonyl (C=O) groups is 1. The van der Waals surface area contributed by atoms with Crippen molar-refractivity contribution in [2.24, 2.45) is 7.05 Å². The van der Waals surface area contributed by atoms with E-state index >= 15 is 0 Å². The lowest BCUT2D eigenvalue weighted by atomic mass is 10.1. The van der Waals surface area contributed by atoms with Gasteiger partial charge in [-0.2, -0.15) is 5.10 Å². The molecule has 7 heteroatoms. The quantitative estimate of drug-likeness (QED) is 0.678. The predicted octanol–water partition coefficient (Wildman–Crippen LogP) is 3.96. The predicted molar refractivity (Wildman–Crippen MR) is 110 cm³/mol. The zero-order valence-corrected chi connectivity index (χ0v) is 17.4. The topological polar surface area (TPSA) is 64.7 Å². The van der Waals surface area contributed by atoms with E-state index in [9.17, 15) is 4.79 Å². The summed E-state index contributed by atoms with van der Waals surface area (Å²) in [5, 5.41) is 7.86. The lowest BCUT2D eigenvalue weighted by Crippen LogP contribution is -2.23. The van der Waals surface area contributed by atoms with Crippen LogP contribution < -0.4 is 5.32 Å². The molecule has 0 aliphatic heterocycles. The summed E-state index contributed by atoms with van der Waals surface area (Å²) in [6.45, 7) is 9.93. The highest BCUT2D eigenvalue weighted by Crippen LogP contribution is 2.28. The second kappa shape index (κ2) is 7.60. The van der Waals surface area contributed by atoms with E-state index in [-0.39, 0.29) is 11.2 Å². The third-order valence-corrected chi connectivity index (χ3v) is 5.93. The molecule has 0 saturated carbocycles. The van der Waals surface area contributed by atoms with Gasteiger partial charge in [0.25, 0.3) is 0 Å². The van der Waals surface area contributed by atoms with E-state index < -0.39 is 0 Å². The number of aromatic nitrogens is 4. The van der Waals surface area contributed by atoms with Crippen molar-refractivity contribution in [3.8, 4) is 5.69 Å². The van der Waals surface area contributed by atoms with Crippen LogP contribution in [0.4, 0.5) is 5.69 Å². The number of nitrogens with zero attached hydrogens (tertiary/aromatic N) is 4. The maximum Gasteiger partial charge on any atom is 0.237 e. The van der Waals surface area contributed by atoms with Crippen LogP contribution in [0.3, 0.4) is 0 Å². The van der Waals surface area contributed by atoms with Crippen molar-refractivity contribution in [2.75, 3.05) is 5.32 Å². The molecule has 3 rings (SSSR count). The van der Waals surface area contributed by atoms with Crippen LogP contribution in [0.25, 0.3) is 5.69 Å². The van der Waals surface area contributed by atoms with Crippen molar-refractivity contribution in [2.45, 2.75) is 45.0 Å². The molecule has 0 aliphatic rings. The molecule has 1 aromatic carbocycles. The molecular weight excluding hydrogens is 358 g/mol. The summed E-state index contributed by atoms with van der Waals surface area (Å²) >= 11 is 1.44. The van der Waals surface area contributed by atoms with E-state index in [1.54, 1.807) is 10.9 Å². The largest absolute Gasteiger partial charge is 0.322 e. The molecule has 0 bridgehead atoms. The third kappa shape index (κ3) is 3.78. The van der Waals surface area contributed by atoms with Crippen LogP contribution in [-0.4, -0.2) is 30.5 Å². The lowest BCUT2D eigenvalue weighted by Gasteiger charge is -2.15. The molecule has 3 aromatic rings. The minimum Gasteiger partial charge on any atom is -0.322 e. The van der Waals surface area contributed by atoms with Crippen LogP contribution in [0.2, 0.25) is 0 Å². The Morgan fingerprint density at radius 3 is 2.63 bits per heavy atom. The Bertz CT molecular complexity index is 988. The number of carbonyl (C=O) groups excluding carboxylic acids is 1. The summed E-state index contributed by atoms with van der Waals surface area (Å²) in [6.07, 6.45) is 3.70. The molecule has 2 heterocycles. The van der Waals surface area contributed by atoms with Crippen LogP contribution in [0.1, 0.15) is 29.4 Å². The standard InChI is InChI=1S/C20H25N5OS/c1-12-8-7-9-17(13(12)2)25-11-10-21-20(25)27-16(5)19(26)22-18-14(3)23-24(6)15(18)4/h7-11,16H,1-6H3,(H,22,26)/t16-/m0/s1. The van der Waals surface area contributed by atoms with E-state index in [2.05, 4.69) is 41.4 Å². The first-order chi connectivity index (χ1) is 12.8. The van der Waals surface area contributed by atoms with Crippen molar-refractivity contribution < 1.29 is 4.79 Å². The summed E-state index contributed by atoms with van der Waals surface area (Å²) < 4.78 is 3.81. The summed E-state index contributed by atoms with van der Waals surface area (Å²) in [5.74, 6) is -0.0604. The van der Waals surface area contributed by atoms with Crippen LogP contribution in [-0.2, 0) is 11.8 Å². The molecule has 1 N–H and O–H groups in total. The van der Waals surface area contributed by atoms with Gasteiger partial charge in [0, 0.05) is 19.4 Å². The molecule has 1 atom stereocenters. The van der Waals surface area contributed by atoms with E-state index in [0.29, 0.717) is 0 Å². The van der Waals surface area contributed by atoms with Crippen LogP contribution in [0.5, 0.6) is 0 Å². The second-order valence-corrected chi connectivity index (χ2v) is 8.03. The van der Waals surface area contributed by atoms with Gasteiger partial charge < -0.3 is 5.32 Å². The van der Waals surface area contributed by atoms with Gasteiger partial charge >= 0.3 is 0 Å². The van der Waals surface area contributed by atoms with E-state index in [0.717, 1.165) is 27.9 Å². The summed E-state index contributed by atoms with van der Waals surface area (Å²) in [6, 6.07) is 6.20.